The largest absolute Gasteiger partial charge is 0.392 e. The van der Waals surface area contributed by atoms with E-state index in [1.165, 1.54) is 6.07 Å². The Morgan fingerprint density at radius 1 is 1.50 bits per heavy atom. The monoisotopic (exact) mass is 273 g/mol. The zero-order valence-corrected chi connectivity index (χ0v) is 11.0. The van der Waals surface area contributed by atoms with Crippen molar-refractivity contribution in [2.75, 3.05) is 23.5 Å². The van der Waals surface area contributed by atoms with Crippen molar-refractivity contribution in [3.63, 3.8) is 0 Å². The molecule has 1 aliphatic heterocycles. The molecule has 0 aliphatic carbocycles. The Morgan fingerprint density at radius 3 is 2.72 bits per heavy atom. The van der Waals surface area contributed by atoms with Gasteiger partial charge in [-0.15, -0.1) is 0 Å². The first kappa shape index (κ1) is 13.3. The second-order valence-corrected chi connectivity index (χ2v) is 6.84. The first-order valence-corrected chi connectivity index (χ1v) is 7.57. The first-order chi connectivity index (χ1) is 8.43. The third kappa shape index (κ3) is 2.64. The van der Waals surface area contributed by atoms with E-state index in [0.717, 1.165) is 0 Å². The van der Waals surface area contributed by atoms with Crippen LogP contribution in [0.4, 0.5) is 10.1 Å². The highest BCUT2D eigenvalue weighted by Crippen LogP contribution is 2.26. The van der Waals surface area contributed by atoms with Crippen LogP contribution in [0.2, 0.25) is 0 Å². The lowest BCUT2D eigenvalue weighted by molar-refractivity contribution is 0.281. The van der Waals surface area contributed by atoms with E-state index in [1.54, 1.807) is 24.1 Å². The van der Waals surface area contributed by atoms with Crippen molar-refractivity contribution in [3.05, 3.63) is 29.6 Å². The molecule has 1 heterocycles. The molecule has 1 N–H and O–H groups in total. The zero-order chi connectivity index (χ0) is 13.3. The van der Waals surface area contributed by atoms with Gasteiger partial charge >= 0.3 is 0 Å². The number of anilines is 1. The van der Waals surface area contributed by atoms with Crippen molar-refractivity contribution in [1.82, 2.24) is 0 Å². The summed E-state index contributed by atoms with van der Waals surface area (Å²) in [6, 6.07) is 4.31. The lowest BCUT2D eigenvalue weighted by atomic mass is 10.1. The fourth-order valence-corrected chi connectivity index (χ4v) is 3.99. The quantitative estimate of drug-likeness (QED) is 0.890. The molecule has 1 fully saturated rings. The average molecular weight is 273 g/mol. The van der Waals surface area contributed by atoms with Gasteiger partial charge in [-0.1, -0.05) is 6.07 Å². The van der Waals surface area contributed by atoms with Gasteiger partial charge in [0.25, 0.3) is 0 Å². The van der Waals surface area contributed by atoms with Crippen molar-refractivity contribution < 1.29 is 17.9 Å². The van der Waals surface area contributed by atoms with E-state index in [2.05, 4.69) is 0 Å². The van der Waals surface area contributed by atoms with Gasteiger partial charge in [0.1, 0.15) is 5.82 Å². The van der Waals surface area contributed by atoms with E-state index in [4.69, 9.17) is 5.11 Å². The van der Waals surface area contributed by atoms with Crippen LogP contribution in [0.15, 0.2) is 18.2 Å². The number of rotatable bonds is 3. The minimum Gasteiger partial charge on any atom is -0.392 e. The molecular weight excluding hydrogens is 257 g/mol. The summed E-state index contributed by atoms with van der Waals surface area (Å²) < 4.78 is 36.6. The Hall–Kier alpha value is -1.14. The van der Waals surface area contributed by atoms with E-state index in [0.29, 0.717) is 17.7 Å². The smallest absolute Gasteiger partial charge is 0.152 e. The third-order valence-electron chi connectivity index (χ3n) is 3.33. The molecule has 6 heteroatoms. The third-order valence-corrected chi connectivity index (χ3v) is 5.08. The summed E-state index contributed by atoms with van der Waals surface area (Å²) in [5.74, 6) is -0.198. The molecule has 0 aromatic heterocycles. The Kier molecular flexibility index (Phi) is 3.59. The average Bonchev–Trinajstić information content (AvgIpc) is 2.68. The van der Waals surface area contributed by atoms with E-state index in [9.17, 15) is 12.8 Å². The summed E-state index contributed by atoms with van der Waals surface area (Å²) >= 11 is 0. The summed E-state index contributed by atoms with van der Waals surface area (Å²) in [5, 5.41) is 8.91. The minimum absolute atomic E-state index is 0.0741. The Labute approximate surface area is 106 Å². The van der Waals surface area contributed by atoms with Crippen LogP contribution in [0.1, 0.15) is 12.0 Å². The van der Waals surface area contributed by atoms with Gasteiger partial charge in [-0.25, -0.2) is 12.8 Å². The predicted molar refractivity (Wildman–Crippen MR) is 67.8 cm³/mol. The van der Waals surface area contributed by atoms with Crippen molar-refractivity contribution in [1.29, 1.82) is 0 Å². The van der Waals surface area contributed by atoms with E-state index < -0.39 is 15.7 Å². The molecule has 0 saturated carbocycles. The summed E-state index contributed by atoms with van der Waals surface area (Å²) in [5.41, 5.74) is 0.873. The molecule has 1 aliphatic rings. The van der Waals surface area contributed by atoms with Gasteiger partial charge in [0.05, 0.1) is 23.8 Å². The number of aliphatic hydroxyl groups excluding tert-OH is 1. The van der Waals surface area contributed by atoms with Gasteiger partial charge in [0, 0.05) is 13.1 Å². The van der Waals surface area contributed by atoms with Gasteiger partial charge in [-0.3, -0.25) is 0 Å². The summed E-state index contributed by atoms with van der Waals surface area (Å²) in [6.45, 7) is -0.210. The highest BCUT2D eigenvalue weighted by molar-refractivity contribution is 7.91. The molecule has 4 nitrogen and oxygen atoms in total. The van der Waals surface area contributed by atoms with Gasteiger partial charge in [-0.05, 0) is 24.1 Å². The lowest BCUT2D eigenvalue weighted by Gasteiger charge is -2.26. The first-order valence-electron chi connectivity index (χ1n) is 5.75. The Bertz CT molecular complexity index is 544. The van der Waals surface area contributed by atoms with Crippen LogP contribution < -0.4 is 4.90 Å². The van der Waals surface area contributed by atoms with Crippen LogP contribution in [0.3, 0.4) is 0 Å². The van der Waals surface area contributed by atoms with Crippen LogP contribution in [-0.4, -0.2) is 38.1 Å². The van der Waals surface area contributed by atoms with Gasteiger partial charge < -0.3 is 10.0 Å². The standard InChI is InChI=1S/C12H16FNO3S/c1-14(10-4-5-18(16,17)8-10)12-3-2-9(7-15)6-11(12)13/h2-3,6,10,15H,4-5,7-8H2,1H3. The van der Waals surface area contributed by atoms with Crippen molar-refractivity contribution in [2.45, 2.75) is 19.1 Å². The molecule has 0 radical (unpaired) electrons. The maximum atomic E-state index is 13.8. The number of hydrogen-bond acceptors (Lipinski definition) is 4. The van der Waals surface area contributed by atoms with Crippen LogP contribution in [0.5, 0.6) is 0 Å². The number of nitrogens with zero attached hydrogens (tertiary/aromatic N) is 1. The molecule has 1 aromatic carbocycles. The number of hydrogen-bond donors (Lipinski definition) is 1. The molecule has 100 valence electrons. The van der Waals surface area contributed by atoms with Gasteiger partial charge in [0.2, 0.25) is 0 Å². The fourth-order valence-electron chi connectivity index (χ4n) is 2.21. The van der Waals surface area contributed by atoms with Gasteiger partial charge in [0.15, 0.2) is 9.84 Å². The molecule has 1 atom stereocenters. The van der Waals surface area contributed by atoms with Crippen LogP contribution in [0.25, 0.3) is 0 Å². The predicted octanol–water partition coefficient (Wildman–Crippen LogP) is 0.941. The van der Waals surface area contributed by atoms with Crippen LogP contribution >= 0.6 is 0 Å². The molecule has 0 bridgehead atoms. The van der Waals surface area contributed by atoms with Gasteiger partial charge in [-0.2, -0.15) is 0 Å². The van der Waals surface area contributed by atoms with E-state index in [-0.39, 0.29) is 24.2 Å². The SMILES string of the molecule is CN(c1ccc(CO)cc1F)C1CCS(=O)(=O)C1. The number of aliphatic hydroxyl groups is 1. The van der Waals surface area contributed by atoms with Crippen LogP contribution in [-0.2, 0) is 16.4 Å². The summed E-state index contributed by atoms with van der Waals surface area (Å²) in [6.07, 6.45) is 0.528. The summed E-state index contributed by atoms with van der Waals surface area (Å²) in [4.78, 5) is 1.67. The highest BCUT2D eigenvalue weighted by Gasteiger charge is 2.31. The molecule has 0 spiro atoms. The van der Waals surface area contributed by atoms with Crippen LogP contribution in [0, 0.1) is 5.82 Å². The van der Waals surface area contributed by atoms with Crippen molar-refractivity contribution >= 4 is 15.5 Å². The van der Waals surface area contributed by atoms with E-state index >= 15 is 0 Å². The number of halogens is 1. The molecular formula is C12H16FNO3S. The second kappa shape index (κ2) is 4.85. The normalized spacial score (nSPS) is 22.1. The maximum Gasteiger partial charge on any atom is 0.152 e. The van der Waals surface area contributed by atoms with Crippen molar-refractivity contribution in [3.8, 4) is 0 Å². The van der Waals surface area contributed by atoms with E-state index in [1.807, 2.05) is 0 Å². The molecule has 1 saturated heterocycles. The summed E-state index contributed by atoms with van der Waals surface area (Å²) in [7, 11) is -1.28. The topological polar surface area (TPSA) is 57.6 Å². The minimum atomic E-state index is -2.98. The zero-order valence-electron chi connectivity index (χ0n) is 10.1. The fraction of sp³-hybridized carbons (Fsp3) is 0.500. The van der Waals surface area contributed by atoms with Crippen molar-refractivity contribution in [2.24, 2.45) is 0 Å². The molecule has 0 amide bonds. The second-order valence-electron chi connectivity index (χ2n) is 4.61. The Morgan fingerprint density at radius 2 is 2.22 bits per heavy atom. The number of benzene rings is 1. The Balaban J connectivity index is 2.21. The molecule has 1 aromatic rings. The molecule has 2 rings (SSSR count). The molecule has 1 unspecified atom stereocenters. The number of sulfone groups is 1. The lowest BCUT2D eigenvalue weighted by Crippen LogP contribution is -2.33. The molecule has 18 heavy (non-hydrogen) atoms. The highest BCUT2D eigenvalue weighted by atomic mass is 32.2. The maximum absolute atomic E-state index is 13.8.